The molecule has 1 heterocycles. The summed E-state index contributed by atoms with van der Waals surface area (Å²) in [7, 11) is 2.10. The van der Waals surface area contributed by atoms with Crippen molar-refractivity contribution in [2.24, 2.45) is 18.9 Å². The van der Waals surface area contributed by atoms with Crippen LogP contribution in [-0.4, -0.2) is 22.1 Å². The molecule has 3 nitrogen and oxygen atoms in total. The lowest BCUT2D eigenvalue weighted by Gasteiger charge is -2.34. The first kappa shape index (κ1) is 15.6. The summed E-state index contributed by atoms with van der Waals surface area (Å²) in [6.07, 6.45) is 13.2. The Balaban J connectivity index is 1.95. The van der Waals surface area contributed by atoms with Crippen molar-refractivity contribution in [1.29, 1.82) is 0 Å². The number of aryl methyl sites for hydroxylation is 1. The Morgan fingerprint density at radius 2 is 2.05 bits per heavy atom. The molecule has 0 radical (unpaired) electrons. The third kappa shape index (κ3) is 4.08. The van der Waals surface area contributed by atoms with Crippen molar-refractivity contribution in [3.05, 3.63) is 18.2 Å². The van der Waals surface area contributed by atoms with E-state index in [0.717, 1.165) is 24.8 Å². The lowest BCUT2D eigenvalue weighted by Crippen LogP contribution is -2.40. The van der Waals surface area contributed by atoms with Gasteiger partial charge in [-0.15, -0.1) is 0 Å². The normalized spacial score (nSPS) is 24.8. The molecule has 1 N–H and O–H groups in total. The Morgan fingerprint density at radius 3 is 2.60 bits per heavy atom. The van der Waals surface area contributed by atoms with Crippen LogP contribution in [0.1, 0.15) is 58.2 Å². The van der Waals surface area contributed by atoms with Crippen LogP contribution < -0.4 is 5.32 Å². The fourth-order valence-electron chi connectivity index (χ4n) is 3.52. The highest BCUT2D eigenvalue weighted by Crippen LogP contribution is 2.33. The number of nitrogens with zero attached hydrogens (tertiary/aromatic N) is 2. The molecule has 1 atom stereocenters. The van der Waals surface area contributed by atoms with Gasteiger partial charge in [0.25, 0.3) is 0 Å². The molecule has 3 heteroatoms. The molecule has 0 aromatic carbocycles. The van der Waals surface area contributed by atoms with E-state index in [1.165, 1.54) is 44.3 Å². The van der Waals surface area contributed by atoms with Gasteiger partial charge in [0.1, 0.15) is 5.82 Å². The second-order valence-electron chi connectivity index (χ2n) is 6.41. The predicted molar refractivity (Wildman–Crippen MR) is 84.7 cm³/mol. The third-order valence-corrected chi connectivity index (χ3v) is 5.02. The molecule has 1 aliphatic rings. The molecular formula is C17H31N3. The molecule has 1 aliphatic carbocycles. The molecule has 0 spiro atoms. The largest absolute Gasteiger partial charge is 0.338 e. The number of nitrogens with one attached hydrogen (secondary N) is 1. The smallest absolute Gasteiger partial charge is 0.109 e. The minimum Gasteiger partial charge on any atom is -0.338 e. The first-order valence-corrected chi connectivity index (χ1v) is 8.44. The van der Waals surface area contributed by atoms with E-state index >= 15 is 0 Å². The van der Waals surface area contributed by atoms with Gasteiger partial charge < -0.3 is 9.88 Å². The molecule has 1 fully saturated rings. The highest BCUT2D eigenvalue weighted by atomic mass is 15.0. The molecular weight excluding hydrogens is 246 g/mol. The van der Waals surface area contributed by atoms with Crippen LogP contribution in [0.25, 0.3) is 0 Å². The zero-order chi connectivity index (χ0) is 14.4. The number of hydrogen-bond acceptors (Lipinski definition) is 2. The topological polar surface area (TPSA) is 29.9 Å². The zero-order valence-electron chi connectivity index (χ0n) is 13.4. The summed E-state index contributed by atoms with van der Waals surface area (Å²) < 4.78 is 2.16. The van der Waals surface area contributed by atoms with Crippen molar-refractivity contribution in [2.75, 3.05) is 6.54 Å². The lowest BCUT2D eigenvalue weighted by atomic mass is 9.77. The quantitative estimate of drug-likeness (QED) is 0.826. The highest BCUT2D eigenvalue weighted by Gasteiger charge is 2.27. The summed E-state index contributed by atoms with van der Waals surface area (Å²) in [5.41, 5.74) is 0. The van der Waals surface area contributed by atoms with Gasteiger partial charge in [0.05, 0.1) is 0 Å². The van der Waals surface area contributed by atoms with Crippen molar-refractivity contribution in [3.8, 4) is 0 Å². The first-order chi connectivity index (χ1) is 9.74. The van der Waals surface area contributed by atoms with Gasteiger partial charge in [-0.25, -0.2) is 4.98 Å². The van der Waals surface area contributed by atoms with E-state index in [-0.39, 0.29) is 0 Å². The van der Waals surface area contributed by atoms with Crippen LogP contribution in [0.15, 0.2) is 12.4 Å². The highest BCUT2D eigenvalue weighted by molar-refractivity contribution is 4.97. The summed E-state index contributed by atoms with van der Waals surface area (Å²) in [5, 5.41) is 3.78. The standard InChI is InChI=1S/C17H31N3/c1-4-10-18-16(13-17-19-11-12-20(17)3)15-8-6-14(5-2)7-9-15/h11-12,14-16,18H,4-10,13H2,1-3H3. The minimum absolute atomic E-state index is 0.605. The second kappa shape index (κ2) is 7.82. The van der Waals surface area contributed by atoms with Gasteiger partial charge in [0.2, 0.25) is 0 Å². The van der Waals surface area contributed by atoms with Gasteiger partial charge in [0, 0.05) is 31.9 Å². The Kier molecular flexibility index (Phi) is 6.08. The maximum Gasteiger partial charge on any atom is 0.109 e. The summed E-state index contributed by atoms with van der Waals surface area (Å²) >= 11 is 0. The van der Waals surface area contributed by atoms with Crippen molar-refractivity contribution >= 4 is 0 Å². The van der Waals surface area contributed by atoms with Crippen molar-refractivity contribution in [1.82, 2.24) is 14.9 Å². The number of hydrogen-bond donors (Lipinski definition) is 1. The lowest BCUT2D eigenvalue weighted by molar-refractivity contribution is 0.214. The van der Waals surface area contributed by atoms with Crippen LogP contribution in [0.3, 0.4) is 0 Å². The zero-order valence-corrected chi connectivity index (χ0v) is 13.4. The number of aromatic nitrogens is 2. The third-order valence-electron chi connectivity index (χ3n) is 5.02. The maximum absolute atomic E-state index is 4.51. The Hall–Kier alpha value is -0.830. The molecule has 1 unspecified atom stereocenters. The van der Waals surface area contributed by atoms with E-state index < -0.39 is 0 Å². The molecule has 1 aromatic heterocycles. The van der Waals surface area contributed by atoms with Crippen molar-refractivity contribution in [3.63, 3.8) is 0 Å². The predicted octanol–water partition coefficient (Wildman–Crippen LogP) is 3.55. The van der Waals surface area contributed by atoms with E-state index in [4.69, 9.17) is 0 Å². The van der Waals surface area contributed by atoms with Gasteiger partial charge in [-0.2, -0.15) is 0 Å². The number of rotatable bonds is 7. The average molecular weight is 277 g/mol. The molecule has 20 heavy (non-hydrogen) atoms. The van der Waals surface area contributed by atoms with Gasteiger partial charge in [-0.05, 0) is 37.6 Å². The number of imidazole rings is 1. The van der Waals surface area contributed by atoms with Crippen LogP contribution in [0.5, 0.6) is 0 Å². The van der Waals surface area contributed by atoms with Crippen LogP contribution in [0.2, 0.25) is 0 Å². The van der Waals surface area contributed by atoms with Gasteiger partial charge in [0.15, 0.2) is 0 Å². The Morgan fingerprint density at radius 1 is 1.30 bits per heavy atom. The summed E-state index contributed by atoms with van der Waals surface area (Å²) in [6, 6.07) is 0.605. The first-order valence-electron chi connectivity index (χ1n) is 8.44. The Labute approximate surface area is 124 Å². The van der Waals surface area contributed by atoms with Crippen LogP contribution in [0, 0.1) is 11.8 Å². The van der Waals surface area contributed by atoms with E-state index in [0.29, 0.717) is 6.04 Å². The molecule has 2 rings (SSSR count). The molecule has 0 saturated heterocycles. The Bertz CT molecular complexity index is 377. The van der Waals surface area contributed by atoms with Crippen molar-refractivity contribution in [2.45, 2.75) is 64.8 Å². The van der Waals surface area contributed by atoms with Crippen LogP contribution in [-0.2, 0) is 13.5 Å². The van der Waals surface area contributed by atoms with Gasteiger partial charge in [-0.3, -0.25) is 0 Å². The molecule has 0 aliphatic heterocycles. The monoisotopic (exact) mass is 277 g/mol. The van der Waals surface area contributed by atoms with Crippen molar-refractivity contribution < 1.29 is 0 Å². The summed E-state index contributed by atoms with van der Waals surface area (Å²) in [6.45, 7) is 5.72. The summed E-state index contributed by atoms with van der Waals surface area (Å²) in [4.78, 5) is 4.51. The van der Waals surface area contributed by atoms with E-state index in [2.05, 4.69) is 42.0 Å². The molecule has 1 saturated carbocycles. The van der Waals surface area contributed by atoms with Gasteiger partial charge >= 0.3 is 0 Å². The van der Waals surface area contributed by atoms with Crippen LogP contribution in [0.4, 0.5) is 0 Å². The fraction of sp³-hybridized carbons (Fsp3) is 0.824. The van der Waals surface area contributed by atoms with E-state index in [9.17, 15) is 0 Å². The summed E-state index contributed by atoms with van der Waals surface area (Å²) in [5.74, 6) is 3.03. The molecule has 0 amide bonds. The fourth-order valence-corrected chi connectivity index (χ4v) is 3.52. The molecule has 0 bridgehead atoms. The maximum atomic E-state index is 4.51. The van der Waals surface area contributed by atoms with E-state index in [1.807, 2.05) is 6.20 Å². The van der Waals surface area contributed by atoms with Crippen LogP contribution >= 0.6 is 0 Å². The van der Waals surface area contributed by atoms with Gasteiger partial charge in [-0.1, -0.05) is 33.1 Å². The second-order valence-corrected chi connectivity index (χ2v) is 6.41. The minimum atomic E-state index is 0.605. The molecule has 114 valence electrons. The average Bonchev–Trinajstić information content (AvgIpc) is 2.89. The SMILES string of the molecule is CCCNC(Cc1nccn1C)C1CCC(CC)CC1. The molecule has 1 aromatic rings. The van der Waals surface area contributed by atoms with E-state index in [1.54, 1.807) is 0 Å².